The van der Waals surface area contributed by atoms with Gasteiger partial charge in [-0.2, -0.15) is 0 Å². The molecular formula is C24H44N2O6. The minimum absolute atomic E-state index is 0.161. The van der Waals surface area contributed by atoms with Crippen LogP contribution in [0.2, 0.25) is 0 Å². The quantitative estimate of drug-likeness (QED) is 0.112. The molecule has 0 saturated heterocycles. The van der Waals surface area contributed by atoms with E-state index in [1.807, 2.05) is 0 Å². The van der Waals surface area contributed by atoms with Gasteiger partial charge in [-0.15, -0.1) is 0 Å². The van der Waals surface area contributed by atoms with Crippen LogP contribution in [0.1, 0.15) is 111 Å². The standard InChI is InChI=1S/C24H44N2O6/c1-4-6-7-8-9-10-11-12-13-14-15-17-20(29)25-22(19(28)16-5-2)23(30)26-21(18(3)27)24(31)32/h18,21,27-28H,4-17H2,1-3H3,(H,25,29)(H,26,30)(H,31,32)/b22-19+. The predicted octanol–water partition coefficient (Wildman–Crippen LogP) is 4.32. The van der Waals surface area contributed by atoms with Crippen LogP contribution in [0.25, 0.3) is 0 Å². The highest BCUT2D eigenvalue weighted by molar-refractivity contribution is 5.99. The number of hydrogen-bond acceptors (Lipinski definition) is 5. The van der Waals surface area contributed by atoms with Crippen molar-refractivity contribution < 1.29 is 29.7 Å². The SMILES string of the molecule is CCCCCCCCCCCCCC(=O)N/C(C(=O)NC(C(=O)O)C(C)O)=C(/O)CCC. The molecule has 2 amide bonds. The number of amides is 2. The number of carboxylic acid groups (broad SMARTS) is 1. The van der Waals surface area contributed by atoms with Gasteiger partial charge in [-0.1, -0.05) is 78.1 Å². The van der Waals surface area contributed by atoms with E-state index in [1.165, 1.54) is 51.9 Å². The largest absolute Gasteiger partial charge is 0.510 e. The molecule has 0 aliphatic heterocycles. The third kappa shape index (κ3) is 14.1. The Morgan fingerprint density at radius 2 is 1.25 bits per heavy atom. The lowest BCUT2D eigenvalue weighted by Crippen LogP contribution is -2.50. The second-order valence-electron chi connectivity index (χ2n) is 8.44. The average molecular weight is 457 g/mol. The third-order valence-corrected chi connectivity index (χ3v) is 5.31. The molecule has 2 unspecified atom stereocenters. The van der Waals surface area contributed by atoms with E-state index in [0.717, 1.165) is 19.3 Å². The fourth-order valence-corrected chi connectivity index (χ4v) is 3.38. The number of aliphatic hydroxyl groups is 2. The van der Waals surface area contributed by atoms with E-state index in [-0.39, 0.29) is 24.3 Å². The number of aliphatic hydroxyl groups excluding tert-OH is 2. The van der Waals surface area contributed by atoms with Gasteiger partial charge in [-0.3, -0.25) is 9.59 Å². The Labute approximate surface area is 192 Å². The predicted molar refractivity (Wildman–Crippen MR) is 125 cm³/mol. The zero-order chi connectivity index (χ0) is 24.4. The van der Waals surface area contributed by atoms with Gasteiger partial charge < -0.3 is 26.0 Å². The van der Waals surface area contributed by atoms with Crippen LogP contribution >= 0.6 is 0 Å². The van der Waals surface area contributed by atoms with Gasteiger partial charge in [0, 0.05) is 12.8 Å². The maximum absolute atomic E-state index is 12.5. The Hall–Kier alpha value is -2.09. The summed E-state index contributed by atoms with van der Waals surface area (Å²) >= 11 is 0. The molecule has 32 heavy (non-hydrogen) atoms. The number of aliphatic carboxylic acids is 1. The highest BCUT2D eigenvalue weighted by Crippen LogP contribution is 2.13. The zero-order valence-electron chi connectivity index (χ0n) is 20.1. The minimum atomic E-state index is -1.55. The number of rotatable bonds is 19. The molecule has 0 aromatic heterocycles. The van der Waals surface area contributed by atoms with Gasteiger partial charge in [0.05, 0.1) is 6.10 Å². The van der Waals surface area contributed by atoms with Crippen LogP contribution in [0.4, 0.5) is 0 Å². The van der Waals surface area contributed by atoms with E-state index >= 15 is 0 Å². The first-order valence-corrected chi connectivity index (χ1v) is 12.2. The number of nitrogens with one attached hydrogen (secondary N) is 2. The summed E-state index contributed by atoms with van der Waals surface area (Å²) in [7, 11) is 0. The van der Waals surface area contributed by atoms with E-state index in [2.05, 4.69) is 17.6 Å². The summed E-state index contributed by atoms with van der Waals surface area (Å²) in [4.78, 5) is 35.9. The van der Waals surface area contributed by atoms with Crippen LogP contribution in [0.5, 0.6) is 0 Å². The number of carboxylic acids is 1. The lowest BCUT2D eigenvalue weighted by molar-refractivity contribution is -0.144. The number of carbonyl (C=O) groups excluding carboxylic acids is 2. The second-order valence-corrected chi connectivity index (χ2v) is 8.44. The van der Waals surface area contributed by atoms with E-state index in [0.29, 0.717) is 12.8 Å². The number of allylic oxidation sites excluding steroid dienone is 1. The van der Waals surface area contributed by atoms with Crippen molar-refractivity contribution in [3.05, 3.63) is 11.5 Å². The van der Waals surface area contributed by atoms with Gasteiger partial charge in [0.25, 0.3) is 5.91 Å². The molecule has 0 aromatic rings. The number of unbranched alkanes of at least 4 members (excludes halogenated alkanes) is 10. The molecule has 0 radical (unpaired) electrons. The Morgan fingerprint density at radius 1 is 0.750 bits per heavy atom. The normalized spacial score (nSPS) is 13.8. The Balaban J connectivity index is 4.42. The smallest absolute Gasteiger partial charge is 0.328 e. The van der Waals surface area contributed by atoms with Crippen LogP contribution < -0.4 is 10.6 Å². The summed E-state index contributed by atoms with van der Waals surface area (Å²) in [6.07, 6.45) is 12.4. The first-order chi connectivity index (χ1) is 15.2. The first kappa shape index (κ1) is 29.9. The molecule has 186 valence electrons. The van der Waals surface area contributed by atoms with Gasteiger partial charge in [0.2, 0.25) is 5.91 Å². The molecule has 0 aromatic carbocycles. The summed E-state index contributed by atoms with van der Waals surface area (Å²) in [5.74, 6) is -3.06. The Morgan fingerprint density at radius 3 is 1.69 bits per heavy atom. The molecule has 0 rings (SSSR count). The van der Waals surface area contributed by atoms with Gasteiger partial charge in [-0.25, -0.2) is 4.79 Å². The monoisotopic (exact) mass is 456 g/mol. The molecule has 5 N–H and O–H groups in total. The van der Waals surface area contributed by atoms with Crippen molar-refractivity contribution >= 4 is 17.8 Å². The summed E-state index contributed by atoms with van der Waals surface area (Å²) < 4.78 is 0. The van der Waals surface area contributed by atoms with Crippen molar-refractivity contribution in [3.63, 3.8) is 0 Å². The molecule has 8 heteroatoms. The third-order valence-electron chi connectivity index (χ3n) is 5.31. The van der Waals surface area contributed by atoms with E-state index in [4.69, 9.17) is 5.11 Å². The minimum Gasteiger partial charge on any atom is -0.510 e. The van der Waals surface area contributed by atoms with Gasteiger partial charge >= 0.3 is 5.97 Å². The first-order valence-electron chi connectivity index (χ1n) is 12.2. The molecule has 0 aliphatic rings. The van der Waals surface area contributed by atoms with Gasteiger partial charge in [0.15, 0.2) is 6.04 Å². The second kappa shape index (κ2) is 18.5. The van der Waals surface area contributed by atoms with Gasteiger partial charge in [-0.05, 0) is 19.8 Å². The van der Waals surface area contributed by atoms with Crippen molar-refractivity contribution in [2.45, 2.75) is 123 Å². The van der Waals surface area contributed by atoms with Crippen molar-refractivity contribution in [3.8, 4) is 0 Å². The summed E-state index contributed by atoms with van der Waals surface area (Å²) in [5.41, 5.74) is -0.355. The zero-order valence-corrected chi connectivity index (χ0v) is 20.1. The molecular weight excluding hydrogens is 412 g/mol. The summed E-state index contributed by atoms with van der Waals surface area (Å²) in [6.45, 7) is 5.25. The lowest BCUT2D eigenvalue weighted by atomic mass is 10.1. The number of hydrogen-bond donors (Lipinski definition) is 5. The maximum Gasteiger partial charge on any atom is 0.328 e. The molecule has 0 saturated carbocycles. The molecule has 0 fully saturated rings. The molecule has 8 nitrogen and oxygen atoms in total. The van der Waals surface area contributed by atoms with Crippen molar-refractivity contribution in [1.82, 2.24) is 10.6 Å². The van der Waals surface area contributed by atoms with Crippen LogP contribution in [0.15, 0.2) is 11.5 Å². The summed E-state index contributed by atoms with van der Waals surface area (Å²) in [6, 6.07) is -1.55. The van der Waals surface area contributed by atoms with Crippen LogP contribution in [0.3, 0.4) is 0 Å². The Kier molecular flexibility index (Phi) is 17.3. The molecule has 0 aliphatic carbocycles. The van der Waals surface area contributed by atoms with E-state index < -0.39 is 29.9 Å². The van der Waals surface area contributed by atoms with E-state index in [9.17, 15) is 24.6 Å². The molecule has 0 spiro atoms. The Bertz CT molecular complexity index is 589. The van der Waals surface area contributed by atoms with Crippen molar-refractivity contribution in [2.75, 3.05) is 0 Å². The van der Waals surface area contributed by atoms with Crippen LogP contribution in [-0.2, 0) is 14.4 Å². The summed E-state index contributed by atoms with van der Waals surface area (Å²) in [5, 5.41) is 33.4. The fraction of sp³-hybridized carbons (Fsp3) is 0.792. The average Bonchev–Trinajstić information content (AvgIpc) is 2.73. The lowest BCUT2D eigenvalue weighted by Gasteiger charge is -2.19. The van der Waals surface area contributed by atoms with Crippen LogP contribution in [-0.4, -0.2) is 45.2 Å². The highest BCUT2D eigenvalue weighted by atomic mass is 16.4. The molecule has 0 bridgehead atoms. The van der Waals surface area contributed by atoms with Crippen LogP contribution in [0, 0.1) is 0 Å². The highest BCUT2D eigenvalue weighted by Gasteiger charge is 2.28. The fourth-order valence-electron chi connectivity index (χ4n) is 3.38. The topological polar surface area (TPSA) is 136 Å². The van der Waals surface area contributed by atoms with Crippen molar-refractivity contribution in [1.29, 1.82) is 0 Å². The molecule has 2 atom stereocenters. The molecule has 0 heterocycles. The van der Waals surface area contributed by atoms with Crippen molar-refractivity contribution in [2.24, 2.45) is 0 Å². The van der Waals surface area contributed by atoms with E-state index in [1.54, 1.807) is 6.92 Å². The number of carbonyl (C=O) groups is 3. The maximum atomic E-state index is 12.5. The van der Waals surface area contributed by atoms with Gasteiger partial charge in [0.1, 0.15) is 11.5 Å².